The molecular formula is C15H14I2O. The molecule has 94 valence electrons. The van der Waals surface area contributed by atoms with E-state index >= 15 is 0 Å². The molecule has 3 heteroatoms. The lowest BCUT2D eigenvalue weighted by atomic mass is 10.0. The molecule has 0 aliphatic heterocycles. The molecular weight excluding hydrogens is 450 g/mol. The van der Waals surface area contributed by atoms with Crippen molar-refractivity contribution in [2.24, 2.45) is 0 Å². The van der Waals surface area contributed by atoms with Gasteiger partial charge in [0, 0.05) is 21.1 Å². The number of rotatable bonds is 5. The van der Waals surface area contributed by atoms with Crippen molar-refractivity contribution in [2.75, 3.05) is 4.43 Å². The molecule has 1 heterocycles. The van der Waals surface area contributed by atoms with Crippen LogP contribution >= 0.6 is 45.2 Å². The highest BCUT2D eigenvalue weighted by Crippen LogP contribution is 2.33. The Morgan fingerprint density at radius 3 is 2.50 bits per heavy atom. The highest BCUT2D eigenvalue weighted by atomic mass is 127. The smallest absolute Gasteiger partial charge is 0.168 e. The third-order valence-electron chi connectivity index (χ3n) is 2.80. The van der Waals surface area contributed by atoms with E-state index in [9.17, 15) is 0 Å². The first-order valence-corrected chi connectivity index (χ1v) is 8.40. The van der Waals surface area contributed by atoms with Crippen molar-refractivity contribution < 1.29 is 4.42 Å². The minimum atomic E-state index is 0.864. The van der Waals surface area contributed by atoms with Crippen molar-refractivity contribution in [3.05, 3.63) is 57.9 Å². The molecule has 0 spiro atoms. The van der Waals surface area contributed by atoms with Crippen LogP contribution in [-0.2, 0) is 12.8 Å². The molecule has 2 aromatic rings. The molecule has 2 rings (SSSR count). The van der Waals surface area contributed by atoms with Gasteiger partial charge in [0.1, 0.15) is 5.76 Å². The summed E-state index contributed by atoms with van der Waals surface area (Å²) in [6.45, 7) is 3.86. The molecule has 0 fully saturated rings. The fourth-order valence-electron chi connectivity index (χ4n) is 2.00. The predicted molar refractivity (Wildman–Crippen MR) is 93.4 cm³/mol. The normalized spacial score (nSPS) is 10.6. The molecule has 0 bridgehead atoms. The Kier molecular flexibility index (Phi) is 5.29. The van der Waals surface area contributed by atoms with Crippen molar-refractivity contribution >= 4 is 45.2 Å². The van der Waals surface area contributed by atoms with Gasteiger partial charge in [-0.2, -0.15) is 0 Å². The first-order valence-electron chi connectivity index (χ1n) is 5.80. The summed E-state index contributed by atoms with van der Waals surface area (Å²) in [5, 5.41) is 0. The number of allylic oxidation sites excluding steroid dienone is 1. The minimum absolute atomic E-state index is 0.864. The molecule has 0 saturated carbocycles. The fraction of sp³-hybridized carbons (Fsp3) is 0.200. The van der Waals surface area contributed by atoms with Gasteiger partial charge in [0.05, 0.1) is 0 Å². The van der Waals surface area contributed by atoms with Gasteiger partial charge in [-0.05, 0) is 35.4 Å². The van der Waals surface area contributed by atoms with Crippen LogP contribution in [0.1, 0.15) is 11.1 Å². The number of halogens is 2. The van der Waals surface area contributed by atoms with Crippen molar-refractivity contribution in [1.82, 2.24) is 0 Å². The Balaban J connectivity index is 2.53. The maximum absolute atomic E-state index is 5.97. The van der Waals surface area contributed by atoms with E-state index in [1.165, 1.54) is 11.1 Å². The Labute approximate surface area is 135 Å². The molecule has 1 aromatic heterocycles. The number of hydrogen-bond acceptors (Lipinski definition) is 1. The van der Waals surface area contributed by atoms with Crippen LogP contribution in [0.2, 0.25) is 0 Å². The van der Waals surface area contributed by atoms with Crippen LogP contribution in [-0.4, -0.2) is 4.43 Å². The number of furan rings is 1. The van der Waals surface area contributed by atoms with Gasteiger partial charge in [-0.25, -0.2) is 0 Å². The summed E-state index contributed by atoms with van der Waals surface area (Å²) in [6.07, 6.45) is 3.87. The lowest BCUT2D eigenvalue weighted by molar-refractivity contribution is 0.547. The van der Waals surface area contributed by atoms with Gasteiger partial charge in [-0.1, -0.05) is 59.0 Å². The van der Waals surface area contributed by atoms with E-state index in [2.05, 4.69) is 63.9 Å². The lowest BCUT2D eigenvalue weighted by Gasteiger charge is -2.02. The van der Waals surface area contributed by atoms with Gasteiger partial charge in [0.25, 0.3) is 0 Å². The third kappa shape index (κ3) is 2.99. The summed E-state index contributed by atoms with van der Waals surface area (Å²) in [6, 6.07) is 10.3. The molecule has 0 saturated heterocycles. The van der Waals surface area contributed by atoms with Gasteiger partial charge in [-0.15, -0.1) is 6.58 Å². The maximum Gasteiger partial charge on any atom is 0.168 e. The lowest BCUT2D eigenvalue weighted by Crippen LogP contribution is -1.93. The highest BCUT2D eigenvalue weighted by Gasteiger charge is 2.18. The standard InChI is InChI=1S/C15H14I2O/c1-2-6-12-13(9-10-16)15(17)18-14(12)11-7-4-3-5-8-11/h2-5,7-8H,1,6,9-10H2. The first-order chi connectivity index (χ1) is 8.77. The highest BCUT2D eigenvalue weighted by molar-refractivity contribution is 14.1. The molecule has 0 aliphatic rings. The second-order valence-electron chi connectivity index (χ2n) is 3.96. The van der Waals surface area contributed by atoms with Crippen molar-refractivity contribution in [2.45, 2.75) is 12.8 Å². The van der Waals surface area contributed by atoms with Crippen LogP contribution in [0.3, 0.4) is 0 Å². The zero-order chi connectivity index (χ0) is 13.0. The van der Waals surface area contributed by atoms with E-state index in [1.54, 1.807) is 0 Å². The van der Waals surface area contributed by atoms with Gasteiger partial charge in [0.15, 0.2) is 3.77 Å². The largest absolute Gasteiger partial charge is 0.450 e. The molecule has 1 aromatic carbocycles. The number of hydrogen-bond donors (Lipinski definition) is 0. The van der Waals surface area contributed by atoms with E-state index in [0.29, 0.717) is 0 Å². The summed E-state index contributed by atoms with van der Waals surface area (Å²) in [7, 11) is 0. The zero-order valence-electron chi connectivity index (χ0n) is 9.96. The summed E-state index contributed by atoms with van der Waals surface area (Å²) in [4.78, 5) is 0. The Morgan fingerprint density at radius 1 is 1.17 bits per heavy atom. The molecule has 0 amide bonds. The van der Waals surface area contributed by atoms with Gasteiger partial charge < -0.3 is 4.42 Å². The maximum atomic E-state index is 5.97. The van der Waals surface area contributed by atoms with E-state index in [1.807, 2.05) is 24.3 Å². The summed E-state index contributed by atoms with van der Waals surface area (Å²) in [5.74, 6) is 1.000. The van der Waals surface area contributed by atoms with E-state index in [-0.39, 0.29) is 0 Å². The predicted octanol–water partition coefficient (Wildman–Crippen LogP) is 5.26. The van der Waals surface area contributed by atoms with Crippen LogP contribution in [0, 0.1) is 3.77 Å². The molecule has 0 unspecified atom stereocenters. The first kappa shape index (κ1) is 14.1. The van der Waals surface area contributed by atoms with E-state index < -0.39 is 0 Å². The summed E-state index contributed by atoms with van der Waals surface area (Å²) in [5.41, 5.74) is 3.77. The number of alkyl halides is 1. The summed E-state index contributed by atoms with van der Waals surface area (Å²) >= 11 is 4.70. The molecule has 1 nitrogen and oxygen atoms in total. The quantitative estimate of drug-likeness (QED) is 0.335. The monoisotopic (exact) mass is 464 g/mol. The van der Waals surface area contributed by atoms with Gasteiger partial charge in [-0.3, -0.25) is 0 Å². The molecule has 18 heavy (non-hydrogen) atoms. The molecule has 0 atom stereocenters. The number of benzene rings is 1. The van der Waals surface area contributed by atoms with Crippen LogP contribution < -0.4 is 0 Å². The van der Waals surface area contributed by atoms with Crippen molar-refractivity contribution in [1.29, 1.82) is 0 Å². The van der Waals surface area contributed by atoms with Gasteiger partial charge >= 0.3 is 0 Å². The average Bonchev–Trinajstić information content (AvgIpc) is 2.70. The van der Waals surface area contributed by atoms with E-state index in [0.717, 1.165) is 32.4 Å². The Bertz CT molecular complexity index is 529. The van der Waals surface area contributed by atoms with Crippen LogP contribution in [0.5, 0.6) is 0 Å². The van der Waals surface area contributed by atoms with Crippen LogP contribution in [0.15, 0.2) is 47.4 Å². The Morgan fingerprint density at radius 2 is 1.89 bits per heavy atom. The third-order valence-corrected chi connectivity index (χ3v) is 4.21. The molecule has 0 radical (unpaired) electrons. The minimum Gasteiger partial charge on any atom is -0.450 e. The average molecular weight is 464 g/mol. The zero-order valence-corrected chi connectivity index (χ0v) is 14.3. The SMILES string of the molecule is C=CCc1c(-c2ccccc2)oc(I)c1CCI. The van der Waals surface area contributed by atoms with Gasteiger partial charge in [0.2, 0.25) is 0 Å². The fourth-order valence-corrected chi connectivity index (χ4v) is 3.35. The molecule has 0 N–H and O–H groups in total. The van der Waals surface area contributed by atoms with Crippen molar-refractivity contribution in [3.63, 3.8) is 0 Å². The summed E-state index contributed by atoms with van der Waals surface area (Å²) < 4.78 is 8.09. The van der Waals surface area contributed by atoms with Crippen molar-refractivity contribution in [3.8, 4) is 11.3 Å². The van der Waals surface area contributed by atoms with Crippen LogP contribution in [0.4, 0.5) is 0 Å². The topological polar surface area (TPSA) is 13.1 Å². The second-order valence-corrected chi connectivity index (χ2v) is 6.02. The Hall–Kier alpha value is -0.300. The second kappa shape index (κ2) is 6.75. The van der Waals surface area contributed by atoms with Crippen LogP contribution in [0.25, 0.3) is 11.3 Å². The molecule has 0 aliphatic carbocycles. The van der Waals surface area contributed by atoms with E-state index in [4.69, 9.17) is 4.42 Å².